The van der Waals surface area contributed by atoms with Gasteiger partial charge in [-0.15, -0.1) is 11.8 Å². The van der Waals surface area contributed by atoms with E-state index in [1.54, 1.807) is 7.11 Å². The number of benzene rings is 1. The van der Waals surface area contributed by atoms with Crippen LogP contribution in [0.2, 0.25) is 0 Å². The summed E-state index contributed by atoms with van der Waals surface area (Å²) < 4.78 is 10.9. The Morgan fingerprint density at radius 3 is 2.82 bits per heavy atom. The summed E-state index contributed by atoms with van der Waals surface area (Å²) in [5, 5.41) is 0.678. The van der Waals surface area contributed by atoms with Gasteiger partial charge in [0, 0.05) is 12.4 Å². The van der Waals surface area contributed by atoms with Gasteiger partial charge >= 0.3 is 0 Å². The van der Waals surface area contributed by atoms with Gasteiger partial charge in [0.15, 0.2) is 5.58 Å². The maximum Gasteiger partial charge on any atom is 0.208 e. The summed E-state index contributed by atoms with van der Waals surface area (Å²) in [5.74, 6) is 0.791. The third-order valence-corrected chi connectivity index (χ3v) is 3.71. The second-order valence-corrected chi connectivity index (χ2v) is 5.85. The normalized spacial score (nSPS) is 15.0. The van der Waals surface area contributed by atoms with Gasteiger partial charge in [-0.2, -0.15) is 0 Å². The second-order valence-electron chi connectivity index (χ2n) is 4.06. The molecule has 0 saturated heterocycles. The van der Waals surface area contributed by atoms with Gasteiger partial charge in [-0.05, 0) is 19.1 Å². The highest BCUT2D eigenvalue weighted by atomic mass is 32.2. The van der Waals surface area contributed by atoms with Gasteiger partial charge in [0.2, 0.25) is 5.89 Å². The van der Waals surface area contributed by atoms with Crippen LogP contribution in [0.4, 0.5) is 0 Å². The Bertz CT molecular complexity index is 450. The van der Waals surface area contributed by atoms with Crippen LogP contribution >= 0.6 is 11.8 Å². The second kappa shape index (κ2) is 5.56. The zero-order chi connectivity index (χ0) is 12.3. The van der Waals surface area contributed by atoms with Gasteiger partial charge < -0.3 is 9.15 Å². The first-order valence-electron chi connectivity index (χ1n) is 5.70. The highest BCUT2D eigenvalue weighted by molar-refractivity contribution is 8.00. The number of fused-ring (bicyclic) bond motifs is 1. The molecule has 0 N–H and O–H groups in total. The van der Waals surface area contributed by atoms with E-state index in [1.807, 2.05) is 36.0 Å². The molecule has 0 amide bonds. The third kappa shape index (κ3) is 3.01. The highest BCUT2D eigenvalue weighted by Gasteiger charge is 2.16. The smallest absolute Gasteiger partial charge is 0.208 e. The van der Waals surface area contributed by atoms with E-state index in [4.69, 9.17) is 9.15 Å². The first-order chi connectivity index (χ1) is 8.20. The van der Waals surface area contributed by atoms with Gasteiger partial charge in [-0.25, -0.2) is 4.98 Å². The van der Waals surface area contributed by atoms with Crippen molar-refractivity contribution in [1.82, 2.24) is 4.98 Å². The van der Waals surface area contributed by atoms with Crippen LogP contribution in [0.15, 0.2) is 28.7 Å². The average molecular weight is 251 g/mol. The van der Waals surface area contributed by atoms with Crippen molar-refractivity contribution in [2.75, 3.05) is 13.7 Å². The van der Waals surface area contributed by atoms with Gasteiger partial charge in [0.1, 0.15) is 5.52 Å². The lowest BCUT2D eigenvalue weighted by Crippen LogP contribution is -2.07. The molecule has 0 saturated carbocycles. The maximum absolute atomic E-state index is 5.74. The molecular weight excluding hydrogens is 234 g/mol. The molecule has 2 aromatic rings. The Hall–Kier alpha value is -1.00. The lowest BCUT2D eigenvalue weighted by molar-refractivity contribution is 0.202. The van der Waals surface area contributed by atoms with E-state index in [2.05, 4.69) is 18.8 Å². The van der Waals surface area contributed by atoms with E-state index < -0.39 is 0 Å². The van der Waals surface area contributed by atoms with Crippen LogP contribution in [-0.4, -0.2) is 24.0 Å². The molecule has 2 rings (SSSR count). The van der Waals surface area contributed by atoms with Crippen LogP contribution in [0, 0.1) is 0 Å². The molecule has 1 heterocycles. The topological polar surface area (TPSA) is 35.3 Å². The van der Waals surface area contributed by atoms with E-state index in [0.717, 1.165) is 23.6 Å². The lowest BCUT2D eigenvalue weighted by Gasteiger charge is -2.13. The maximum atomic E-state index is 5.74. The molecule has 0 radical (unpaired) electrons. The van der Waals surface area contributed by atoms with Crippen LogP contribution in [-0.2, 0) is 4.74 Å². The van der Waals surface area contributed by atoms with Crippen LogP contribution < -0.4 is 0 Å². The number of thioether (sulfide) groups is 1. The minimum Gasteiger partial charge on any atom is -0.439 e. The first kappa shape index (κ1) is 12.5. The number of methoxy groups -OCH3 is 1. The monoisotopic (exact) mass is 251 g/mol. The molecule has 4 heteroatoms. The molecule has 2 atom stereocenters. The van der Waals surface area contributed by atoms with Crippen molar-refractivity contribution in [2.24, 2.45) is 0 Å². The lowest BCUT2D eigenvalue weighted by atomic mass is 10.3. The summed E-state index contributed by atoms with van der Waals surface area (Å²) in [7, 11) is 1.72. The summed E-state index contributed by atoms with van der Waals surface area (Å²) in [6, 6.07) is 7.85. The molecule has 92 valence electrons. The molecule has 0 bridgehead atoms. The number of aromatic nitrogens is 1. The number of ether oxygens (including phenoxy) is 1. The van der Waals surface area contributed by atoms with E-state index in [1.165, 1.54) is 0 Å². The third-order valence-electron chi connectivity index (χ3n) is 2.50. The van der Waals surface area contributed by atoms with Gasteiger partial charge in [0.25, 0.3) is 0 Å². The summed E-state index contributed by atoms with van der Waals surface area (Å²) in [6.45, 7) is 5.00. The zero-order valence-electron chi connectivity index (χ0n) is 10.3. The highest BCUT2D eigenvalue weighted by Crippen LogP contribution is 2.32. The minimum atomic E-state index is 0.243. The van der Waals surface area contributed by atoms with Gasteiger partial charge in [0.05, 0.1) is 11.9 Å². The van der Waals surface area contributed by atoms with Crippen LogP contribution in [0.1, 0.15) is 25.0 Å². The molecule has 0 fully saturated rings. The minimum absolute atomic E-state index is 0.243. The number of nitrogens with zero attached hydrogens (tertiary/aromatic N) is 1. The van der Waals surface area contributed by atoms with Gasteiger partial charge in [-0.3, -0.25) is 0 Å². The van der Waals surface area contributed by atoms with Crippen molar-refractivity contribution >= 4 is 22.9 Å². The molecule has 0 spiro atoms. The Kier molecular flexibility index (Phi) is 4.07. The number of rotatable bonds is 5. The van der Waals surface area contributed by atoms with Crippen molar-refractivity contribution in [1.29, 1.82) is 0 Å². The Balaban J connectivity index is 2.10. The molecular formula is C13H17NO2S. The predicted octanol–water partition coefficient (Wildman–Crippen LogP) is 3.66. The van der Waals surface area contributed by atoms with E-state index in [-0.39, 0.29) is 5.25 Å². The number of hydrogen-bond acceptors (Lipinski definition) is 4. The van der Waals surface area contributed by atoms with E-state index in [0.29, 0.717) is 5.25 Å². The van der Waals surface area contributed by atoms with Crippen molar-refractivity contribution < 1.29 is 9.15 Å². The standard InChI is InChI=1S/C13H17NO2S/c1-9(8-15-3)17-10(2)13-14-11-6-4-5-7-12(11)16-13/h4-7,9-10H,8H2,1-3H3. The molecule has 0 aliphatic heterocycles. The Morgan fingerprint density at radius 1 is 1.35 bits per heavy atom. The molecule has 17 heavy (non-hydrogen) atoms. The van der Waals surface area contributed by atoms with Crippen molar-refractivity contribution in [3.63, 3.8) is 0 Å². The summed E-state index contributed by atoms with van der Waals surface area (Å²) in [4.78, 5) is 4.50. The summed E-state index contributed by atoms with van der Waals surface area (Å²) >= 11 is 1.81. The van der Waals surface area contributed by atoms with Crippen LogP contribution in [0.3, 0.4) is 0 Å². The summed E-state index contributed by atoms with van der Waals surface area (Å²) in [6.07, 6.45) is 0. The first-order valence-corrected chi connectivity index (χ1v) is 6.65. The molecule has 1 aromatic heterocycles. The summed E-state index contributed by atoms with van der Waals surface area (Å²) in [5.41, 5.74) is 1.78. The SMILES string of the molecule is COCC(C)SC(C)c1nc2ccccc2o1. The quantitative estimate of drug-likeness (QED) is 0.812. The fraction of sp³-hybridized carbons (Fsp3) is 0.462. The van der Waals surface area contributed by atoms with Crippen LogP contribution in [0.25, 0.3) is 11.1 Å². The Morgan fingerprint density at radius 2 is 2.12 bits per heavy atom. The van der Waals surface area contributed by atoms with E-state index >= 15 is 0 Å². The van der Waals surface area contributed by atoms with Gasteiger partial charge in [-0.1, -0.05) is 19.1 Å². The zero-order valence-corrected chi connectivity index (χ0v) is 11.2. The molecule has 0 aliphatic rings. The molecule has 3 nitrogen and oxygen atoms in total. The van der Waals surface area contributed by atoms with Crippen molar-refractivity contribution in [2.45, 2.75) is 24.3 Å². The number of oxazole rings is 1. The van der Waals surface area contributed by atoms with E-state index in [9.17, 15) is 0 Å². The van der Waals surface area contributed by atoms with Crippen molar-refractivity contribution in [3.05, 3.63) is 30.2 Å². The molecule has 0 aliphatic carbocycles. The molecule has 2 unspecified atom stereocenters. The number of hydrogen-bond donors (Lipinski definition) is 0. The number of para-hydroxylation sites is 2. The van der Waals surface area contributed by atoms with Crippen molar-refractivity contribution in [3.8, 4) is 0 Å². The fourth-order valence-electron chi connectivity index (χ4n) is 1.74. The fourth-order valence-corrected chi connectivity index (χ4v) is 2.87. The van der Waals surface area contributed by atoms with Crippen LogP contribution in [0.5, 0.6) is 0 Å². The molecule has 1 aromatic carbocycles. The average Bonchev–Trinajstić information content (AvgIpc) is 2.72. The predicted molar refractivity (Wildman–Crippen MR) is 71.4 cm³/mol. The largest absolute Gasteiger partial charge is 0.439 e. The Labute approximate surface area is 106 Å².